The zero-order chi connectivity index (χ0) is 18.9. The number of nitrogens with one attached hydrogen (secondary N) is 1. The fourth-order valence-electron chi connectivity index (χ4n) is 2.75. The first-order valence-corrected chi connectivity index (χ1v) is 9.47. The lowest BCUT2D eigenvalue weighted by Crippen LogP contribution is -2.37. The molecule has 2 aliphatic rings. The lowest BCUT2D eigenvalue weighted by Gasteiger charge is -2.29. The largest absolute Gasteiger partial charge is 0.479 e. The van der Waals surface area contributed by atoms with Gasteiger partial charge in [-0.2, -0.15) is 0 Å². The average molecular weight is 374 g/mol. The summed E-state index contributed by atoms with van der Waals surface area (Å²) >= 11 is 0. The summed E-state index contributed by atoms with van der Waals surface area (Å²) in [6, 6.07) is 5.83. The number of nitrogens with two attached hydrogens (primary N) is 1. The van der Waals surface area contributed by atoms with Gasteiger partial charge >= 0.3 is 0 Å². The van der Waals surface area contributed by atoms with Crippen molar-refractivity contribution in [2.24, 2.45) is 11.1 Å². The Morgan fingerprint density at radius 2 is 1.96 bits per heavy atom. The number of ketones is 1. The van der Waals surface area contributed by atoms with E-state index in [1.165, 1.54) is 18.2 Å². The molecule has 26 heavy (non-hydrogen) atoms. The molecule has 0 radical (unpaired) electrons. The topological polar surface area (TPSA) is 116 Å². The highest BCUT2D eigenvalue weighted by molar-refractivity contribution is 7.89. The molecule has 1 amide bonds. The summed E-state index contributed by atoms with van der Waals surface area (Å²) in [6.07, 6.45) is 6.17. The summed E-state index contributed by atoms with van der Waals surface area (Å²) in [6.45, 7) is 2.05. The van der Waals surface area contributed by atoms with Crippen LogP contribution in [0.5, 0.6) is 0 Å². The maximum Gasteiger partial charge on any atom is 0.286 e. The molecule has 1 aliphatic heterocycles. The minimum Gasteiger partial charge on any atom is -0.479 e. The molecule has 136 valence electrons. The molecule has 3 rings (SSSR count). The van der Waals surface area contributed by atoms with Crippen LogP contribution in [0, 0.1) is 5.92 Å². The van der Waals surface area contributed by atoms with E-state index in [1.54, 1.807) is 18.2 Å². The summed E-state index contributed by atoms with van der Waals surface area (Å²) in [7, 11) is -3.75. The average Bonchev–Trinajstić information content (AvgIpc) is 2.59. The Kier molecular flexibility index (Phi) is 4.80. The van der Waals surface area contributed by atoms with Gasteiger partial charge in [0.1, 0.15) is 6.10 Å². The Hall–Kier alpha value is -2.71. The number of allylic oxidation sites excluding steroid dienone is 3. The number of ether oxygens (including phenoxy) is 1. The van der Waals surface area contributed by atoms with Gasteiger partial charge in [-0.15, -0.1) is 0 Å². The molecule has 0 bridgehead atoms. The normalized spacial score (nSPS) is 22.0. The Morgan fingerprint density at radius 1 is 1.27 bits per heavy atom. The number of hydrogen-bond acceptors (Lipinski definition) is 5. The number of sulfonamides is 1. The first kappa shape index (κ1) is 18.1. The van der Waals surface area contributed by atoms with Crippen LogP contribution in [-0.4, -0.2) is 26.2 Å². The van der Waals surface area contributed by atoms with Gasteiger partial charge in [0.05, 0.1) is 10.8 Å². The quantitative estimate of drug-likeness (QED) is 0.814. The fourth-order valence-corrected chi connectivity index (χ4v) is 3.26. The Morgan fingerprint density at radius 3 is 2.62 bits per heavy atom. The maximum absolute atomic E-state index is 12.3. The smallest absolute Gasteiger partial charge is 0.286 e. The van der Waals surface area contributed by atoms with Crippen molar-refractivity contribution < 1.29 is 22.7 Å². The SMILES string of the molecule is CC1=C[C@@H]2C(=O)C=C(C(=O)NCc3ccc(S(N)(=O)=O)cc3)O[C@@H]2C=C1. The third-order valence-corrected chi connectivity index (χ3v) is 5.07. The predicted octanol–water partition coefficient (Wildman–Crippen LogP) is 0.934. The van der Waals surface area contributed by atoms with Crippen LogP contribution in [0.3, 0.4) is 0 Å². The van der Waals surface area contributed by atoms with Crippen LogP contribution >= 0.6 is 0 Å². The summed E-state index contributed by atoms with van der Waals surface area (Å²) in [5.41, 5.74) is 1.66. The number of benzene rings is 1. The van der Waals surface area contributed by atoms with Gasteiger partial charge in [-0.25, -0.2) is 13.6 Å². The van der Waals surface area contributed by atoms with Gasteiger partial charge < -0.3 is 10.1 Å². The second-order valence-corrected chi connectivity index (χ2v) is 7.72. The van der Waals surface area contributed by atoms with Crippen molar-refractivity contribution in [3.05, 3.63) is 65.5 Å². The van der Waals surface area contributed by atoms with E-state index < -0.39 is 28.0 Å². The van der Waals surface area contributed by atoms with Gasteiger partial charge in [0, 0.05) is 12.6 Å². The van der Waals surface area contributed by atoms with Crippen molar-refractivity contribution >= 4 is 21.7 Å². The van der Waals surface area contributed by atoms with Crippen molar-refractivity contribution in [1.82, 2.24) is 5.32 Å². The molecular formula is C18H18N2O5S. The molecule has 1 aromatic rings. The van der Waals surface area contributed by atoms with Gasteiger partial charge in [-0.05, 0) is 30.7 Å². The molecule has 7 nitrogen and oxygen atoms in total. The van der Waals surface area contributed by atoms with Crippen LogP contribution in [0.25, 0.3) is 0 Å². The molecule has 0 aromatic heterocycles. The standard InChI is InChI=1S/C18H18N2O5S/c1-11-2-7-16-14(8-11)15(21)9-17(25-16)18(22)20-10-12-3-5-13(6-4-12)26(19,23)24/h2-9,14,16H,10H2,1H3,(H,20,22)(H2,19,23,24)/t14-,16-/m1/s1. The Bertz CT molecular complexity index is 942. The summed E-state index contributed by atoms with van der Waals surface area (Å²) < 4.78 is 28.1. The number of amides is 1. The first-order chi connectivity index (χ1) is 12.2. The lowest BCUT2D eigenvalue weighted by molar-refractivity contribution is -0.128. The van der Waals surface area contributed by atoms with Crippen LogP contribution in [-0.2, 0) is 30.9 Å². The second kappa shape index (κ2) is 6.89. The van der Waals surface area contributed by atoms with Gasteiger partial charge in [0.15, 0.2) is 11.5 Å². The summed E-state index contributed by atoms with van der Waals surface area (Å²) in [5, 5.41) is 7.69. The molecule has 1 heterocycles. The molecule has 1 aromatic carbocycles. The molecule has 0 saturated heterocycles. The van der Waals surface area contributed by atoms with E-state index >= 15 is 0 Å². The molecule has 0 fully saturated rings. The highest BCUT2D eigenvalue weighted by atomic mass is 32.2. The number of fused-ring (bicyclic) bond motifs is 1. The van der Waals surface area contributed by atoms with E-state index in [9.17, 15) is 18.0 Å². The fraction of sp³-hybridized carbons (Fsp3) is 0.222. The van der Waals surface area contributed by atoms with E-state index in [-0.39, 0.29) is 23.0 Å². The minimum absolute atomic E-state index is 0.00466. The number of carbonyl (C=O) groups is 2. The van der Waals surface area contributed by atoms with Crippen molar-refractivity contribution in [3.63, 3.8) is 0 Å². The Balaban J connectivity index is 1.65. The third kappa shape index (κ3) is 3.92. The van der Waals surface area contributed by atoms with E-state index in [0.29, 0.717) is 5.56 Å². The zero-order valence-corrected chi connectivity index (χ0v) is 14.8. The van der Waals surface area contributed by atoms with Crippen molar-refractivity contribution in [3.8, 4) is 0 Å². The van der Waals surface area contributed by atoms with Gasteiger partial charge in [0.2, 0.25) is 10.0 Å². The molecule has 1 aliphatic carbocycles. The van der Waals surface area contributed by atoms with Crippen LogP contribution in [0.1, 0.15) is 12.5 Å². The van der Waals surface area contributed by atoms with E-state index in [1.807, 2.05) is 19.1 Å². The molecule has 8 heteroatoms. The number of rotatable bonds is 4. The maximum atomic E-state index is 12.3. The molecule has 0 spiro atoms. The summed E-state index contributed by atoms with van der Waals surface area (Å²) in [4.78, 5) is 24.5. The van der Waals surface area contributed by atoms with Crippen molar-refractivity contribution in [2.45, 2.75) is 24.5 Å². The number of carbonyl (C=O) groups excluding carboxylic acids is 2. The predicted molar refractivity (Wildman–Crippen MR) is 94.0 cm³/mol. The highest BCUT2D eigenvalue weighted by Gasteiger charge is 2.34. The monoisotopic (exact) mass is 374 g/mol. The van der Waals surface area contributed by atoms with Crippen molar-refractivity contribution in [2.75, 3.05) is 0 Å². The zero-order valence-electron chi connectivity index (χ0n) is 14.0. The molecule has 0 unspecified atom stereocenters. The van der Waals surface area contributed by atoms with E-state index in [4.69, 9.17) is 9.88 Å². The third-order valence-electron chi connectivity index (χ3n) is 4.14. The molecular weight excluding hydrogens is 356 g/mol. The second-order valence-electron chi connectivity index (χ2n) is 6.16. The number of primary sulfonamides is 1. The lowest BCUT2D eigenvalue weighted by atomic mass is 9.88. The molecule has 2 atom stereocenters. The highest BCUT2D eigenvalue weighted by Crippen LogP contribution is 2.27. The van der Waals surface area contributed by atoms with Crippen LogP contribution < -0.4 is 10.5 Å². The van der Waals surface area contributed by atoms with Crippen LogP contribution in [0.2, 0.25) is 0 Å². The van der Waals surface area contributed by atoms with Gasteiger partial charge in [-0.3, -0.25) is 9.59 Å². The minimum atomic E-state index is -3.75. The van der Waals surface area contributed by atoms with Crippen LogP contribution in [0.4, 0.5) is 0 Å². The first-order valence-electron chi connectivity index (χ1n) is 7.93. The van der Waals surface area contributed by atoms with Gasteiger partial charge in [-0.1, -0.05) is 29.9 Å². The molecule has 3 N–H and O–H groups in total. The van der Waals surface area contributed by atoms with Gasteiger partial charge in [0.25, 0.3) is 5.91 Å². The van der Waals surface area contributed by atoms with E-state index in [0.717, 1.165) is 5.57 Å². The van der Waals surface area contributed by atoms with Crippen LogP contribution in [0.15, 0.2) is 64.8 Å². The Labute approximate surface area is 151 Å². The summed E-state index contributed by atoms with van der Waals surface area (Å²) in [5.74, 6) is -1.11. The van der Waals surface area contributed by atoms with E-state index in [2.05, 4.69) is 5.32 Å². The molecule has 0 saturated carbocycles. The number of hydrogen-bond donors (Lipinski definition) is 2. The van der Waals surface area contributed by atoms with Crippen molar-refractivity contribution in [1.29, 1.82) is 0 Å².